The molecule has 6 atom stereocenters. The molecule has 0 aromatic carbocycles. The summed E-state index contributed by atoms with van der Waals surface area (Å²) in [4.78, 5) is 92.3. The second kappa shape index (κ2) is 89.2. The summed E-state index contributed by atoms with van der Waals surface area (Å²) in [6.07, 6.45) is 54.3. The molecule has 1 aliphatic rings. The lowest BCUT2D eigenvalue weighted by molar-refractivity contribution is -0.148. The highest BCUT2D eigenvalue weighted by atomic mass is 16.6. The molecule has 6 N–H and O–H groups in total. The third-order valence-electron chi connectivity index (χ3n) is 24.7. The maximum Gasteiger partial charge on any atom is 0.305 e. The summed E-state index contributed by atoms with van der Waals surface area (Å²) in [5, 5.41) is 71.7. The Bertz CT molecular complexity index is 2020. The molecule has 1 rings (SSSR count). The molecule has 744 valence electrons. The zero-order valence-electron chi connectivity index (χ0n) is 82.1. The van der Waals surface area contributed by atoms with Crippen LogP contribution in [0.3, 0.4) is 0 Å². The normalized spacial score (nSPS) is 15.9. The van der Waals surface area contributed by atoms with Crippen molar-refractivity contribution in [1.82, 2.24) is 29.4 Å². The van der Waals surface area contributed by atoms with Gasteiger partial charge < -0.3 is 59.1 Å². The van der Waals surface area contributed by atoms with Gasteiger partial charge in [-0.25, -0.2) is 0 Å². The Balaban J connectivity index is 4.04. The van der Waals surface area contributed by atoms with Crippen molar-refractivity contribution in [2.75, 3.05) is 157 Å². The first-order valence-electron chi connectivity index (χ1n) is 52.7. The van der Waals surface area contributed by atoms with E-state index >= 15 is 0 Å². The number of aliphatic hydroxyl groups excluding tert-OH is 6. The molecule has 0 spiro atoms. The Hall–Kier alpha value is -3.66. The molecule has 1 aliphatic heterocycles. The maximum atomic E-state index is 13.3. The number of nitrogens with zero attached hydrogens (tertiary/aromatic N) is 6. The lowest BCUT2D eigenvalue weighted by Crippen LogP contribution is -2.51. The van der Waals surface area contributed by atoms with Gasteiger partial charge in [-0.15, -0.1) is 0 Å². The van der Waals surface area contributed by atoms with Crippen molar-refractivity contribution in [2.45, 2.75) is 463 Å². The second-order valence-electron chi connectivity index (χ2n) is 37.3. The highest BCUT2D eigenvalue weighted by Gasteiger charge is 2.27. The average molecular weight is 1800 g/mol. The van der Waals surface area contributed by atoms with Gasteiger partial charge >= 0.3 is 35.8 Å². The molecule has 1 saturated heterocycles. The topological polar surface area (TPSA) is 299 Å². The van der Waals surface area contributed by atoms with E-state index in [1.807, 2.05) is 0 Å². The van der Waals surface area contributed by atoms with Crippen molar-refractivity contribution in [3.63, 3.8) is 0 Å². The van der Waals surface area contributed by atoms with Crippen molar-refractivity contribution in [2.24, 2.45) is 0 Å². The molecule has 24 heteroatoms. The fraction of sp³-hybridized carbons (Fsp3) is 0.941. The SMILES string of the molecule is CCCCCCCCCCCC(=O)OCC(O)CN1CCN(CC(O)COC(=O)CCCCCCCCCCC)CCN(CC(O)COC(=O)CCCCCCCCCCC)CCN(CC(O)COC(=O)CCCCCCCCCCC)CCN(CC(O)COC(=O)CCCCCCCCCCC)CCN(CC(O)COC(=O)CCCCCCCCCCC)CC1. The monoisotopic (exact) mass is 1800 g/mol. The van der Waals surface area contributed by atoms with Crippen molar-refractivity contribution in [3.05, 3.63) is 0 Å². The smallest absolute Gasteiger partial charge is 0.305 e. The van der Waals surface area contributed by atoms with E-state index in [9.17, 15) is 59.4 Å². The number of unbranched alkanes of at least 4 members (excludes halogenated alkanes) is 48. The summed E-state index contributed by atoms with van der Waals surface area (Å²) >= 11 is 0. The first kappa shape index (κ1) is 120. The minimum absolute atomic E-state index is 0.0809. The minimum Gasteiger partial charge on any atom is -0.463 e. The zero-order chi connectivity index (χ0) is 92.0. The average Bonchev–Trinajstić information content (AvgIpc) is 0.880. The Morgan fingerprint density at radius 1 is 0.175 bits per heavy atom. The van der Waals surface area contributed by atoms with Gasteiger partial charge in [-0.2, -0.15) is 0 Å². The molecule has 0 bridgehead atoms. The predicted octanol–water partition coefficient (Wildman–Crippen LogP) is 18.8. The van der Waals surface area contributed by atoms with Gasteiger partial charge in [0.1, 0.15) is 76.3 Å². The summed E-state index contributed by atoms with van der Waals surface area (Å²) in [5.41, 5.74) is 0. The van der Waals surface area contributed by atoms with Gasteiger partial charge in [0.05, 0.1) is 0 Å². The van der Waals surface area contributed by atoms with Gasteiger partial charge in [0.25, 0.3) is 0 Å². The van der Waals surface area contributed by atoms with Gasteiger partial charge in [0, 0.05) is 156 Å². The van der Waals surface area contributed by atoms with Gasteiger partial charge in [-0.05, 0) is 38.5 Å². The number of carbonyl (C=O) groups excluding carboxylic acids is 6. The number of esters is 6. The number of rotatable bonds is 84. The molecule has 0 aliphatic carbocycles. The van der Waals surface area contributed by atoms with Crippen molar-refractivity contribution >= 4 is 35.8 Å². The van der Waals surface area contributed by atoms with Crippen LogP contribution in [-0.4, -0.2) is 290 Å². The number of aliphatic hydroxyl groups is 6. The molecule has 6 unspecified atom stereocenters. The summed E-state index contributed by atoms with van der Waals surface area (Å²) in [5.74, 6) is -2.23. The van der Waals surface area contributed by atoms with Gasteiger partial charge in [-0.3, -0.25) is 58.2 Å². The van der Waals surface area contributed by atoms with Crippen LogP contribution < -0.4 is 0 Å². The van der Waals surface area contributed by atoms with Crippen LogP contribution in [-0.2, 0) is 57.2 Å². The van der Waals surface area contributed by atoms with Gasteiger partial charge in [0.15, 0.2) is 0 Å². The highest BCUT2D eigenvalue weighted by Crippen LogP contribution is 2.20. The molecule has 0 saturated carbocycles. The fourth-order valence-electron chi connectivity index (χ4n) is 16.6. The predicted molar refractivity (Wildman–Crippen MR) is 511 cm³/mol. The van der Waals surface area contributed by atoms with E-state index in [1.54, 1.807) is 0 Å². The first-order valence-corrected chi connectivity index (χ1v) is 52.7. The van der Waals surface area contributed by atoms with E-state index in [4.69, 9.17) is 28.4 Å². The summed E-state index contributed by atoms with van der Waals surface area (Å²) in [6, 6.07) is 0. The van der Waals surface area contributed by atoms with Crippen LogP contribution in [0.2, 0.25) is 0 Å². The lowest BCUT2D eigenvalue weighted by Gasteiger charge is -2.36. The van der Waals surface area contributed by atoms with Crippen LogP contribution in [0, 0.1) is 0 Å². The Labute approximate surface area is 770 Å². The third-order valence-corrected chi connectivity index (χ3v) is 24.7. The standard InChI is InChI=1S/C102H198N6O18/c1-7-13-19-25-31-37-43-49-55-61-97(115)121-85-91(109)79-103-67-69-104(80-92(110)86-122-98(116)62-56-50-44-38-32-26-20-14-8-2)71-73-106(82-94(112)88-124-100(118)64-58-52-46-40-34-28-22-16-10-4)75-77-108(84-96(114)90-126-102(120)66-60-54-48-42-36-30-24-18-12-6)78-76-107(83-95(113)89-125-101(119)65-59-53-47-41-35-29-23-17-11-5)74-72-105(70-68-103)81-93(111)87-123-99(117)63-57-51-45-39-33-27-21-15-9-3/h91-96,109-114H,7-90H2,1-6H3. The van der Waals surface area contributed by atoms with Gasteiger partial charge in [-0.1, -0.05) is 350 Å². The van der Waals surface area contributed by atoms with E-state index in [-0.39, 0.29) is 153 Å². The zero-order valence-corrected chi connectivity index (χ0v) is 82.1. The number of β-amino-alcohol motifs (C(OH)–C–C–N with tert-alkyl or cyclic N) is 6. The van der Waals surface area contributed by atoms with E-state index in [2.05, 4.69) is 70.9 Å². The third kappa shape index (κ3) is 80.0. The molecule has 126 heavy (non-hydrogen) atoms. The molecular formula is C102H198N6O18. The second-order valence-corrected chi connectivity index (χ2v) is 37.3. The Morgan fingerprint density at radius 3 is 0.373 bits per heavy atom. The van der Waals surface area contributed by atoms with E-state index < -0.39 is 36.6 Å². The molecule has 0 aromatic rings. The number of hydrogen-bond acceptors (Lipinski definition) is 24. The molecule has 0 amide bonds. The molecular weight excluding hydrogens is 1600 g/mol. The maximum absolute atomic E-state index is 13.3. The molecule has 0 radical (unpaired) electrons. The van der Waals surface area contributed by atoms with Crippen LogP contribution in [0.15, 0.2) is 0 Å². The Morgan fingerprint density at radius 2 is 0.270 bits per heavy atom. The molecule has 24 nitrogen and oxygen atoms in total. The van der Waals surface area contributed by atoms with Crippen LogP contribution in [0.5, 0.6) is 0 Å². The molecule has 1 heterocycles. The van der Waals surface area contributed by atoms with Crippen LogP contribution in [0.25, 0.3) is 0 Å². The van der Waals surface area contributed by atoms with Gasteiger partial charge in [0.2, 0.25) is 0 Å². The number of hydrogen-bond donors (Lipinski definition) is 6. The Kier molecular flexibility index (Phi) is 85.2. The fourth-order valence-corrected chi connectivity index (χ4v) is 16.6. The van der Waals surface area contributed by atoms with E-state index in [0.717, 1.165) is 116 Å². The summed E-state index contributed by atoms with van der Waals surface area (Å²) in [6.45, 7) is 16.3. The van der Waals surface area contributed by atoms with E-state index in [1.165, 1.54) is 193 Å². The highest BCUT2D eigenvalue weighted by molar-refractivity contribution is 5.71. The molecule has 1 fully saturated rings. The molecule has 0 aromatic heterocycles. The number of ether oxygens (including phenoxy) is 6. The van der Waals surface area contributed by atoms with Crippen molar-refractivity contribution in [1.29, 1.82) is 0 Å². The lowest BCUT2D eigenvalue weighted by atomic mass is 10.1. The summed E-state index contributed by atoms with van der Waals surface area (Å²) in [7, 11) is 0. The van der Waals surface area contributed by atoms with Crippen LogP contribution >= 0.6 is 0 Å². The van der Waals surface area contributed by atoms with Crippen LogP contribution in [0.1, 0.15) is 427 Å². The minimum atomic E-state index is -1.10. The van der Waals surface area contributed by atoms with Crippen molar-refractivity contribution < 1.29 is 87.8 Å². The largest absolute Gasteiger partial charge is 0.463 e. The quantitative estimate of drug-likeness (QED) is 0.0187. The first-order chi connectivity index (χ1) is 61.3. The van der Waals surface area contributed by atoms with Crippen molar-refractivity contribution in [3.8, 4) is 0 Å². The summed E-state index contributed by atoms with van der Waals surface area (Å²) < 4.78 is 34.6. The van der Waals surface area contributed by atoms with Crippen LogP contribution in [0.4, 0.5) is 0 Å². The van der Waals surface area contributed by atoms with E-state index in [0.29, 0.717) is 117 Å². The number of carbonyl (C=O) groups is 6.